The van der Waals surface area contributed by atoms with Crippen molar-refractivity contribution in [2.75, 3.05) is 0 Å². The highest BCUT2D eigenvalue weighted by Gasteiger charge is 2.15. The summed E-state index contributed by atoms with van der Waals surface area (Å²) in [6, 6.07) is 12.1. The van der Waals surface area contributed by atoms with Crippen molar-refractivity contribution in [2.45, 2.75) is 13.1 Å². The molecule has 0 aliphatic carbocycles. The van der Waals surface area contributed by atoms with Gasteiger partial charge in [0.05, 0.1) is 31.0 Å². The quantitative estimate of drug-likeness (QED) is 0.481. The minimum atomic E-state index is -0.116. The fourth-order valence-corrected chi connectivity index (χ4v) is 4.24. The Bertz CT molecular complexity index is 1620. The molecule has 9 heteroatoms. The Labute approximate surface area is 175 Å². The average Bonchev–Trinajstić information content (AvgIpc) is 3.51. The summed E-state index contributed by atoms with van der Waals surface area (Å²) in [7, 11) is 1.92. The normalized spacial score (nSPS) is 11.8. The third kappa shape index (κ3) is 2.74. The summed E-state index contributed by atoms with van der Waals surface area (Å²) in [5.74, 6) is 0. The molecule has 0 saturated carbocycles. The van der Waals surface area contributed by atoms with E-state index in [-0.39, 0.29) is 5.56 Å². The summed E-state index contributed by atoms with van der Waals surface area (Å²) in [6.07, 6.45) is 6.77. The molecule has 0 aliphatic rings. The van der Waals surface area contributed by atoms with Gasteiger partial charge in [-0.3, -0.25) is 9.89 Å². The Morgan fingerprint density at radius 2 is 1.94 bits per heavy atom. The Morgan fingerprint density at radius 3 is 2.81 bits per heavy atom. The number of benzene rings is 2. The summed E-state index contributed by atoms with van der Waals surface area (Å²) in [4.78, 5) is 17.4. The summed E-state index contributed by atoms with van der Waals surface area (Å²) in [5.41, 5.74) is 4.53. The molecule has 0 aliphatic heterocycles. The number of aromatic nitrogens is 8. The van der Waals surface area contributed by atoms with Gasteiger partial charge in [-0.1, -0.05) is 24.3 Å². The van der Waals surface area contributed by atoms with E-state index >= 15 is 0 Å². The highest BCUT2D eigenvalue weighted by molar-refractivity contribution is 6.07. The van der Waals surface area contributed by atoms with Gasteiger partial charge in [-0.25, -0.2) is 14.3 Å². The molecule has 4 aromatic heterocycles. The predicted molar refractivity (Wildman–Crippen MR) is 117 cm³/mol. The zero-order valence-electron chi connectivity index (χ0n) is 16.7. The number of aromatic amines is 1. The average molecular weight is 410 g/mol. The van der Waals surface area contributed by atoms with Crippen molar-refractivity contribution in [1.82, 2.24) is 39.3 Å². The smallest absolute Gasteiger partial charge is 0.291 e. The molecule has 0 saturated heterocycles. The SMILES string of the molecule is Cn1c2cc(Cn3cncn3)ccc2c2cnn(Cc3cccc4[nH]ncc34)c(=O)c21. The van der Waals surface area contributed by atoms with Gasteiger partial charge in [0, 0.05) is 28.7 Å². The summed E-state index contributed by atoms with van der Waals surface area (Å²) in [5, 5.41) is 18.6. The molecule has 0 atom stereocenters. The van der Waals surface area contributed by atoms with Crippen molar-refractivity contribution >= 4 is 32.7 Å². The summed E-state index contributed by atoms with van der Waals surface area (Å²) >= 11 is 0. The van der Waals surface area contributed by atoms with E-state index in [4.69, 9.17) is 0 Å². The standard InChI is InChI=1S/C22H18N8O/c1-28-20-7-14(10-29-13-23-12-26-29)5-6-16(20)18-9-25-30(22(31)21(18)28)11-15-3-2-4-19-17(15)8-24-27-19/h2-9,12-13H,10-11H2,1H3,(H,24,27). The molecular formula is C22H18N8O. The molecule has 4 heterocycles. The number of nitrogens with zero attached hydrogens (tertiary/aromatic N) is 7. The second-order valence-electron chi connectivity index (χ2n) is 7.62. The van der Waals surface area contributed by atoms with Gasteiger partial charge in [0.2, 0.25) is 0 Å². The molecule has 0 spiro atoms. The van der Waals surface area contributed by atoms with Gasteiger partial charge in [0.15, 0.2) is 0 Å². The van der Waals surface area contributed by atoms with E-state index in [2.05, 4.69) is 37.5 Å². The predicted octanol–water partition coefficient (Wildman–Crippen LogP) is 2.45. The van der Waals surface area contributed by atoms with Crippen LogP contribution < -0.4 is 5.56 Å². The maximum absolute atomic E-state index is 13.4. The first-order chi connectivity index (χ1) is 15.2. The Hall–Kier alpha value is -4.27. The van der Waals surface area contributed by atoms with E-state index in [1.54, 1.807) is 23.4 Å². The lowest BCUT2D eigenvalue weighted by Gasteiger charge is -2.07. The highest BCUT2D eigenvalue weighted by atomic mass is 16.1. The lowest BCUT2D eigenvalue weighted by Crippen LogP contribution is -2.24. The molecule has 0 bridgehead atoms. The number of fused-ring (bicyclic) bond motifs is 4. The van der Waals surface area contributed by atoms with Crippen LogP contribution in [0.1, 0.15) is 11.1 Å². The third-order valence-electron chi connectivity index (χ3n) is 5.77. The molecular weight excluding hydrogens is 392 g/mol. The second-order valence-corrected chi connectivity index (χ2v) is 7.62. The molecule has 0 amide bonds. The van der Waals surface area contributed by atoms with Gasteiger partial charge in [0.1, 0.15) is 18.2 Å². The number of hydrogen-bond acceptors (Lipinski definition) is 5. The van der Waals surface area contributed by atoms with Crippen LogP contribution in [-0.2, 0) is 20.1 Å². The molecule has 31 heavy (non-hydrogen) atoms. The van der Waals surface area contributed by atoms with Crippen molar-refractivity contribution in [3.8, 4) is 0 Å². The van der Waals surface area contributed by atoms with E-state index in [1.165, 1.54) is 11.0 Å². The number of aryl methyl sites for hydroxylation is 1. The van der Waals surface area contributed by atoms with Crippen LogP contribution in [0.5, 0.6) is 0 Å². The van der Waals surface area contributed by atoms with Crippen molar-refractivity contribution in [1.29, 1.82) is 0 Å². The van der Waals surface area contributed by atoms with Crippen LogP contribution in [0, 0.1) is 0 Å². The molecule has 6 rings (SSSR count). The maximum Gasteiger partial charge on any atom is 0.291 e. The molecule has 152 valence electrons. The van der Waals surface area contributed by atoms with Crippen LogP contribution in [0.25, 0.3) is 32.7 Å². The van der Waals surface area contributed by atoms with E-state index in [0.717, 1.165) is 38.3 Å². The van der Waals surface area contributed by atoms with E-state index < -0.39 is 0 Å². The fraction of sp³-hybridized carbons (Fsp3) is 0.136. The number of hydrogen-bond donors (Lipinski definition) is 1. The lowest BCUT2D eigenvalue weighted by atomic mass is 10.1. The number of nitrogens with one attached hydrogen (secondary N) is 1. The molecule has 9 nitrogen and oxygen atoms in total. The van der Waals surface area contributed by atoms with Gasteiger partial charge in [-0.05, 0) is 23.3 Å². The van der Waals surface area contributed by atoms with E-state index in [1.807, 2.05) is 35.9 Å². The second kappa shape index (κ2) is 6.63. The summed E-state index contributed by atoms with van der Waals surface area (Å²) in [6.45, 7) is 0.999. The van der Waals surface area contributed by atoms with Crippen molar-refractivity contribution in [3.63, 3.8) is 0 Å². The Kier molecular flexibility index (Phi) is 3.76. The van der Waals surface area contributed by atoms with E-state index in [0.29, 0.717) is 18.6 Å². The zero-order chi connectivity index (χ0) is 20.9. The maximum atomic E-state index is 13.4. The highest BCUT2D eigenvalue weighted by Crippen LogP contribution is 2.27. The molecule has 0 radical (unpaired) electrons. The van der Waals surface area contributed by atoms with E-state index in [9.17, 15) is 4.79 Å². The molecule has 2 aromatic carbocycles. The molecule has 0 fully saturated rings. The number of rotatable bonds is 4. The first kappa shape index (κ1) is 17.6. The monoisotopic (exact) mass is 410 g/mol. The first-order valence-electron chi connectivity index (χ1n) is 9.89. The van der Waals surface area contributed by atoms with Crippen LogP contribution in [-0.4, -0.2) is 39.3 Å². The van der Waals surface area contributed by atoms with Crippen LogP contribution in [0.2, 0.25) is 0 Å². The van der Waals surface area contributed by atoms with Gasteiger partial charge >= 0.3 is 0 Å². The molecule has 0 unspecified atom stereocenters. The van der Waals surface area contributed by atoms with Crippen LogP contribution in [0.15, 0.2) is 66.2 Å². The van der Waals surface area contributed by atoms with Crippen LogP contribution in [0.3, 0.4) is 0 Å². The summed E-state index contributed by atoms with van der Waals surface area (Å²) < 4.78 is 5.24. The first-order valence-corrected chi connectivity index (χ1v) is 9.89. The minimum Gasteiger partial charge on any atom is -0.339 e. The zero-order valence-corrected chi connectivity index (χ0v) is 16.7. The lowest BCUT2D eigenvalue weighted by molar-refractivity contribution is 0.647. The van der Waals surface area contributed by atoms with Gasteiger partial charge in [-0.15, -0.1) is 0 Å². The van der Waals surface area contributed by atoms with Crippen molar-refractivity contribution < 1.29 is 0 Å². The van der Waals surface area contributed by atoms with Crippen LogP contribution >= 0.6 is 0 Å². The van der Waals surface area contributed by atoms with Gasteiger partial charge in [0.25, 0.3) is 5.56 Å². The Balaban J connectivity index is 1.47. The minimum absolute atomic E-state index is 0.116. The van der Waals surface area contributed by atoms with Crippen LogP contribution in [0.4, 0.5) is 0 Å². The third-order valence-corrected chi connectivity index (χ3v) is 5.77. The molecule has 6 aromatic rings. The number of H-pyrrole nitrogens is 1. The Morgan fingerprint density at radius 1 is 1.00 bits per heavy atom. The van der Waals surface area contributed by atoms with Gasteiger partial charge < -0.3 is 4.57 Å². The topological polar surface area (TPSA) is 99.2 Å². The van der Waals surface area contributed by atoms with Crippen molar-refractivity contribution in [3.05, 3.63) is 82.9 Å². The van der Waals surface area contributed by atoms with Crippen molar-refractivity contribution in [2.24, 2.45) is 7.05 Å². The van der Waals surface area contributed by atoms with Gasteiger partial charge in [-0.2, -0.15) is 15.3 Å². The molecule has 1 N–H and O–H groups in total. The largest absolute Gasteiger partial charge is 0.339 e. The fourth-order valence-electron chi connectivity index (χ4n) is 4.24.